The maximum Gasteiger partial charge on any atom is 0.252 e. The molecule has 1 aliphatic rings. The molecule has 5 heteroatoms. The zero-order valence-electron chi connectivity index (χ0n) is 12.8. The Bertz CT molecular complexity index is 477. The van der Waals surface area contributed by atoms with Crippen LogP contribution in [-0.2, 0) is 0 Å². The molecule has 0 radical (unpaired) electrons. The number of hydrogen-bond acceptors (Lipinski definition) is 4. The van der Waals surface area contributed by atoms with E-state index in [-0.39, 0.29) is 11.5 Å². The number of hydrogen-bond donors (Lipinski definition) is 2. The van der Waals surface area contributed by atoms with Gasteiger partial charge in [0, 0.05) is 31.1 Å². The Labute approximate surface area is 120 Å². The van der Waals surface area contributed by atoms with Gasteiger partial charge in [-0.3, -0.25) is 4.79 Å². The van der Waals surface area contributed by atoms with Crippen LogP contribution in [0.2, 0.25) is 0 Å². The number of aromatic nitrogens is 2. The first-order valence-corrected chi connectivity index (χ1v) is 7.61. The second kappa shape index (κ2) is 6.88. The predicted octanol–water partition coefficient (Wildman–Crippen LogP) is 2.18. The topological polar surface area (TPSA) is 61.0 Å². The largest absolute Gasteiger partial charge is 0.369 e. The van der Waals surface area contributed by atoms with E-state index in [4.69, 9.17) is 0 Å². The molecule has 0 aromatic carbocycles. The van der Waals surface area contributed by atoms with E-state index in [0.717, 1.165) is 25.0 Å². The Kier molecular flexibility index (Phi) is 5.17. The van der Waals surface area contributed by atoms with E-state index in [1.165, 1.54) is 31.7 Å². The Morgan fingerprint density at radius 1 is 1.45 bits per heavy atom. The van der Waals surface area contributed by atoms with Crippen LogP contribution in [0.5, 0.6) is 0 Å². The third-order valence-electron chi connectivity index (χ3n) is 4.03. The van der Waals surface area contributed by atoms with Crippen molar-refractivity contribution in [1.82, 2.24) is 14.9 Å². The molecule has 1 aromatic rings. The number of rotatable bonds is 6. The van der Waals surface area contributed by atoms with Gasteiger partial charge in [-0.1, -0.05) is 26.7 Å². The lowest BCUT2D eigenvalue weighted by Crippen LogP contribution is -2.33. The molecule has 5 nitrogen and oxygen atoms in total. The zero-order chi connectivity index (χ0) is 14.5. The van der Waals surface area contributed by atoms with Gasteiger partial charge in [0.1, 0.15) is 11.6 Å². The summed E-state index contributed by atoms with van der Waals surface area (Å²) >= 11 is 0. The molecule has 2 N–H and O–H groups in total. The predicted molar refractivity (Wildman–Crippen MR) is 82.3 cm³/mol. The van der Waals surface area contributed by atoms with Gasteiger partial charge in [-0.05, 0) is 19.9 Å². The quantitative estimate of drug-likeness (QED) is 0.837. The Hall–Kier alpha value is -1.36. The normalized spacial score (nSPS) is 16.2. The summed E-state index contributed by atoms with van der Waals surface area (Å²) in [6.07, 6.45) is 5.35. The van der Waals surface area contributed by atoms with Crippen molar-refractivity contribution in [1.29, 1.82) is 0 Å². The minimum absolute atomic E-state index is 0.0876. The smallest absolute Gasteiger partial charge is 0.252 e. The number of nitrogens with zero attached hydrogens (tertiary/aromatic N) is 2. The van der Waals surface area contributed by atoms with Crippen molar-refractivity contribution in [2.45, 2.75) is 51.5 Å². The molecular weight excluding hydrogens is 252 g/mol. The van der Waals surface area contributed by atoms with Gasteiger partial charge in [0.05, 0.1) is 0 Å². The van der Waals surface area contributed by atoms with E-state index in [9.17, 15) is 4.79 Å². The van der Waals surface area contributed by atoms with Crippen LogP contribution in [0.4, 0.5) is 5.82 Å². The standard InChI is InChI=1S/C15H26N4O/c1-11(2)15-17-13(10-14(20)18-15)16-8-9-19(3)12-6-4-5-7-12/h10-12H,4-9H2,1-3H3,(H2,16,17,18,20). The lowest BCUT2D eigenvalue weighted by atomic mass is 10.2. The molecule has 112 valence electrons. The van der Waals surface area contributed by atoms with Crippen LogP contribution in [-0.4, -0.2) is 41.0 Å². The summed E-state index contributed by atoms with van der Waals surface area (Å²) in [4.78, 5) is 21.2. The van der Waals surface area contributed by atoms with E-state index in [0.29, 0.717) is 5.82 Å². The molecule has 1 aliphatic carbocycles. The van der Waals surface area contributed by atoms with Crippen LogP contribution < -0.4 is 10.9 Å². The lowest BCUT2D eigenvalue weighted by Gasteiger charge is -2.24. The van der Waals surface area contributed by atoms with Gasteiger partial charge in [0.2, 0.25) is 0 Å². The molecule has 0 unspecified atom stereocenters. The molecule has 1 fully saturated rings. The second-order valence-electron chi connectivity index (χ2n) is 6.02. The highest BCUT2D eigenvalue weighted by atomic mass is 16.1. The molecule has 0 amide bonds. The number of aromatic amines is 1. The van der Waals surface area contributed by atoms with Crippen LogP contribution in [0.3, 0.4) is 0 Å². The lowest BCUT2D eigenvalue weighted by molar-refractivity contribution is 0.254. The maximum atomic E-state index is 11.6. The van der Waals surface area contributed by atoms with E-state index >= 15 is 0 Å². The SMILES string of the molecule is CC(C)c1nc(NCCN(C)C2CCCC2)cc(=O)[nH]1. The summed E-state index contributed by atoms with van der Waals surface area (Å²) in [5, 5.41) is 3.26. The van der Waals surface area contributed by atoms with Crippen LogP contribution in [0.1, 0.15) is 51.3 Å². The van der Waals surface area contributed by atoms with E-state index in [1.54, 1.807) is 0 Å². The summed E-state index contributed by atoms with van der Waals surface area (Å²) in [5.41, 5.74) is -0.0876. The minimum Gasteiger partial charge on any atom is -0.369 e. The highest BCUT2D eigenvalue weighted by Gasteiger charge is 2.18. The van der Waals surface area contributed by atoms with Gasteiger partial charge in [-0.25, -0.2) is 4.98 Å². The number of anilines is 1. The van der Waals surface area contributed by atoms with Gasteiger partial charge < -0.3 is 15.2 Å². The van der Waals surface area contributed by atoms with Gasteiger partial charge in [-0.2, -0.15) is 0 Å². The van der Waals surface area contributed by atoms with Crippen molar-refractivity contribution in [3.8, 4) is 0 Å². The average molecular weight is 278 g/mol. The van der Waals surface area contributed by atoms with Crippen molar-refractivity contribution in [3.63, 3.8) is 0 Å². The fourth-order valence-corrected chi connectivity index (χ4v) is 2.73. The maximum absolute atomic E-state index is 11.6. The fourth-order valence-electron chi connectivity index (χ4n) is 2.73. The molecule has 0 aliphatic heterocycles. The summed E-state index contributed by atoms with van der Waals surface area (Å²) in [7, 11) is 2.18. The van der Waals surface area contributed by atoms with Crippen molar-refractivity contribution in [2.24, 2.45) is 0 Å². The first-order valence-electron chi connectivity index (χ1n) is 7.61. The molecule has 1 heterocycles. The number of H-pyrrole nitrogens is 1. The molecule has 0 bridgehead atoms. The molecule has 0 spiro atoms. The van der Waals surface area contributed by atoms with Crippen molar-refractivity contribution >= 4 is 5.82 Å². The number of likely N-dealkylation sites (N-methyl/N-ethyl adjacent to an activating group) is 1. The van der Waals surface area contributed by atoms with Crippen molar-refractivity contribution in [3.05, 3.63) is 22.2 Å². The van der Waals surface area contributed by atoms with Gasteiger partial charge in [0.15, 0.2) is 0 Å². The first kappa shape index (κ1) is 15.0. The molecule has 2 rings (SSSR count). The first-order chi connectivity index (χ1) is 9.56. The van der Waals surface area contributed by atoms with Crippen molar-refractivity contribution in [2.75, 3.05) is 25.5 Å². The second-order valence-corrected chi connectivity index (χ2v) is 6.02. The Morgan fingerprint density at radius 2 is 2.15 bits per heavy atom. The van der Waals surface area contributed by atoms with E-state index in [2.05, 4.69) is 27.2 Å². The minimum atomic E-state index is -0.0876. The van der Waals surface area contributed by atoms with Gasteiger partial charge in [-0.15, -0.1) is 0 Å². The summed E-state index contributed by atoms with van der Waals surface area (Å²) in [5.74, 6) is 1.65. The van der Waals surface area contributed by atoms with Crippen LogP contribution >= 0.6 is 0 Å². The average Bonchev–Trinajstić information content (AvgIpc) is 2.91. The third-order valence-corrected chi connectivity index (χ3v) is 4.03. The third kappa shape index (κ3) is 4.07. The number of nitrogens with one attached hydrogen (secondary N) is 2. The summed E-state index contributed by atoms with van der Waals surface area (Å²) in [6.45, 7) is 5.85. The van der Waals surface area contributed by atoms with Crippen molar-refractivity contribution < 1.29 is 0 Å². The zero-order valence-corrected chi connectivity index (χ0v) is 12.8. The van der Waals surface area contributed by atoms with E-state index in [1.807, 2.05) is 13.8 Å². The van der Waals surface area contributed by atoms with Crippen LogP contribution in [0.25, 0.3) is 0 Å². The summed E-state index contributed by atoms with van der Waals surface area (Å²) < 4.78 is 0. The Balaban J connectivity index is 1.85. The van der Waals surface area contributed by atoms with Crippen LogP contribution in [0, 0.1) is 0 Å². The highest BCUT2D eigenvalue weighted by molar-refractivity contribution is 5.33. The Morgan fingerprint density at radius 3 is 2.80 bits per heavy atom. The molecular formula is C15H26N4O. The molecule has 1 aromatic heterocycles. The molecule has 1 saturated carbocycles. The van der Waals surface area contributed by atoms with Crippen LogP contribution in [0.15, 0.2) is 10.9 Å². The fraction of sp³-hybridized carbons (Fsp3) is 0.733. The summed E-state index contributed by atoms with van der Waals surface area (Å²) in [6, 6.07) is 2.26. The molecule has 0 atom stereocenters. The molecule has 20 heavy (non-hydrogen) atoms. The van der Waals surface area contributed by atoms with Gasteiger partial charge in [0.25, 0.3) is 5.56 Å². The van der Waals surface area contributed by atoms with Gasteiger partial charge >= 0.3 is 0 Å². The molecule has 0 saturated heterocycles. The monoisotopic (exact) mass is 278 g/mol. The van der Waals surface area contributed by atoms with E-state index < -0.39 is 0 Å². The highest BCUT2D eigenvalue weighted by Crippen LogP contribution is 2.21.